The van der Waals surface area contributed by atoms with Gasteiger partial charge in [0.25, 0.3) is 0 Å². The molecule has 4 nitrogen and oxygen atoms in total. The molecule has 1 amide bonds. The molecule has 0 aliphatic carbocycles. The lowest BCUT2D eigenvalue weighted by molar-refractivity contribution is 0.0567. The number of carbonyl (C=O) groups is 1. The van der Waals surface area contributed by atoms with Gasteiger partial charge in [-0.25, -0.2) is 4.79 Å². The fourth-order valence-corrected chi connectivity index (χ4v) is 2.71. The highest BCUT2D eigenvalue weighted by atomic mass is 79.9. The van der Waals surface area contributed by atoms with Crippen LogP contribution in [0.25, 0.3) is 0 Å². The summed E-state index contributed by atoms with van der Waals surface area (Å²) < 4.78 is 11.9. The Labute approximate surface area is 157 Å². The Morgan fingerprint density at radius 1 is 1.12 bits per heavy atom. The van der Waals surface area contributed by atoms with Gasteiger partial charge in [-0.3, -0.25) is 4.90 Å². The summed E-state index contributed by atoms with van der Waals surface area (Å²) in [5, 5.41) is 0. The van der Waals surface area contributed by atoms with Gasteiger partial charge in [0.1, 0.15) is 11.4 Å². The fourth-order valence-electron chi connectivity index (χ4n) is 2.45. The third-order valence-electron chi connectivity index (χ3n) is 3.66. The zero-order valence-electron chi connectivity index (χ0n) is 15.2. The van der Waals surface area contributed by atoms with Crippen molar-refractivity contribution in [2.45, 2.75) is 39.3 Å². The molecule has 0 bridgehead atoms. The standard InChI is InChI=1S/C20H24BrNO3/c1-14(15-7-6-8-18(13-15)24-5)22(19(23)25-20(2,3)4)17-11-9-16(21)10-12-17/h6-14H,1-5H3. The Hall–Kier alpha value is -2.01. The first-order chi connectivity index (χ1) is 11.7. The van der Waals surface area contributed by atoms with Crippen LogP contribution in [-0.4, -0.2) is 18.8 Å². The molecule has 2 aromatic rings. The summed E-state index contributed by atoms with van der Waals surface area (Å²) >= 11 is 3.43. The molecule has 0 N–H and O–H groups in total. The van der Waals surface area contributed by atoms with Crippen molar-refractivity contribution in [3.8, 4) is 5.75 Å². The van der Waals surface area contributed by atoms with Crippen molar-refractivity contribution >= 4 is 27.7 Å². The second kappa shape index (κ2) is 7.91. The van der Waals surface area contributed by atoms with Crippen LogP contribution >= 0.6 is 15.9 Å². The number of benzene rings is 2. The average Bonchev–Trinajstić information content (AvgIpc) is 2.55. The first-order valence-corrected chi connectivity index (χ1v) is 8.92. The van der Waals surface area contributed by atoms with E-state index in [1.807, 2.05) is 76.2 Å². The van der Waals surface area contributed by atoms with Crippen molar-refractivity contribution in [2.24, 2.45) is 0 Å². The molecule has 0 aliphatic rings. The number of ether oxygens (including phenoxy) is 2. The highest BCUT2D eigenvalue weighted by Crippen LogP contribution is 2.31. The van der Waals surface area contributed by atoms with Crippen LogP contribution < -0.4 is 9.64 Å². The van der Waals surface area contributed by atoms with Crippen LogP contribution in [0.15, 0.2) is 53.0 Å². The minimum absolute atomic E-state index is 0.217. The van der Waals surface area contributed by atoms with E-state index in [4.69, 9.17) is 9.47 Å². The molecule has 0 heterocycles. The molecule has 0 saturated heterocycles. The molecule has 25 heavy (non-hydrogen) atoms. The van der Waals surface area contributed by atoms with Crippen LogP contribution in [0.2, 0.25) is 0 Å². The van der Waals surface area contributed by atoms with Crippen LogP contribution in [0.5, 0.6) is 5.75 Å². The van der Waals surface area contributed by atoms with Gasteiger partial charge in [0, 0.05) is 10.2 Å². The molecule has 0 spiro atoms. The van der Waals surface area contributed by atoms with Gasteiger partial charge in [-0.15, -0.1) is 0 Å². The summed E-state index contributed by atoms with van der Waals surface area (Å²) in [6.45, 7) is 7.56. The van der Waals surface area contributed by atoms with Gasteiger partial charge >= 0.3 is 6.09 Å². The Bertz CT molecular complexity index is 722. The number of nitrogens with zero attached hydrogens (tertiary/aromatic N) is 1. The second-order valence-electron chi connectivity index (χ2n) is 6.78. The van der Waals surface area contributed by atoms with Crippen molar-refractivity contribution in [1.29, 1.82) is 0 Å². The summed E-state index contributed by atoms with van der Waals surface area (Å²) in [7, 11) is 1.63. The number of rotatable bonds is 4. The van der Waals surface area contributed by atoms with Crippen molar-refractivity contribution in [3.63, 3.8) is 0 Å². The fraction of sp³-hybridized carbons (Fsp3) is 0.350. The van der Waals surface area contributed by atoms with E-state index < -0.39 is 5.60 Å². The van der Waals surface area contributed by atoms with Crippen LogP contribution in [0.1, 0.15) is 39.3 Å². The lowest BCUT2D eigenvalue weighted by atomic mass is 10.1. The topological polar surface area (TPSA) is 38.8 Å². The molecular weight excluding hydrogens is 382 g/mol. The summed E-state index contributed by atoms with van der Waals surface area (Å²) in [5.41, 5.74) is 1.17. The van der Waals surface area contributed by atoms with Gasteiger partial charge in [-0.1, -0.05) is 28.1 Å². The Morgan fingerprint density at radius 3 is 2.32 bits per heavy atom. The molecule has 0 aromatic heterocycles. The number of halogens is 1. The molecule has 0 radical (unpaired) electrons. The van der Waals surface area contributed by atoms with E-state index in [2.05, 4.69) is 15.9 Å². The first kappa shape index (κ1) is 19.3. The molecule has 1 unspecified atom stereocenters. The predicted molar refractivity (Wildman–Crippen MR) is 104 cm³/mol. The monoisotopic (exact) mass is 405 g/mol. The highest BCUT2D eigenvalue weighted by molar-refractivity contribution is 9.10. The zero-order valence-corrected chi connectivity index (χ0v) is 16.8. The lowest BCUT2D eigenvalue weighted by Crippen LogP contribution is -2.38. The van der Waals surface area contributed by atoms with Crippen molar-refractivity contribution in [1.82, 2.24) is 0 Å². The number of hydrogen-bond donors (Lipinski definition) is 0. The second-order valence-corrected chi connectivity index (χ2v) is 7.70. The van der Waals surface area contributed by atoms with Crippen LogP contribution in [0.4, 0.5) is 10.5 Å². The third kappa shape index (κ3) is 5.23. The molecule has 134 valence electrons. The van der Waals surface area contributed by atoms with Crippen LogP contribution in [-0.2, 0) is 4.74 Å². The van der Waals surface area contributed by atoms with Crippen molar-refractivity contribution in [2.75, 3.05) is 12.0 Å². The van der Waals surface area contributed by atoms with E-state index in [0.717, 1.165) is 21.5 Å². The maximum absolute atomic E-state index is 12.9. The Kier molecular flexibility index (Phi) is 6.11. The van der Waals surface area contributed by atoms with Crippen LogP contribution in [0, 0.1) is 0 Å². The lowest BCUT2D eigenvalue weighted by Gasteiger charge is -2.32. The van der Waals surface area contributed by atoms with Gasteiger partial charge in [0.15, 0.2) is 0 Å². The minimum atomic E-state index is -0.571. The molecule has 0 aliphatic heterocycles. The molecule has 0 fully saturated rings. The number of carbonyl (C=O) groups excluding carboxylic acids is 1. The van der Waals surface area contributed by atoms with E-state index in [1.54, 1.807) is 12.0 Å². The molecule has 1 atom stereocenters. The minimum Gasteiger partial charge on any atom is -0.497 e. The highest BCUT2D eigenvalue weighted by Gasteiger charge is 2.28. The molecule has 2 rings (SSSR count). The number of hydrogen-bond acceptors (Lipinski definition) is 3. The predicted octanol–water partition coefficient (Wildman–Crippen LogP) is 5.96. The quantitative estimate of drug-likeness (QED) is 0.629. The van der Waals surface area contributed by atoms with Gasteiger partial charge in [0.2, 0.25) is 0 Å². The maximum atomic E-state index is 12.9. The maximum Gasteiger partial charge on any atom is 0.415 e. The SMILES string of the molecule is COc1cccc(C(C)N(C(=O)OC(C)(C)C)c2ccc(Br)cc2)c1. The smallest absolute Gasteiger partial charge is 0.415 e. The van der Waals surface area contributed by atoms with Gasteiger partial charge in [-0.05, 0) is 69.7 Å². The van der Waals surface area contributed by atoms with Gasteiger partial charge < -0.3 is 9.47 Å². The van der Waals surface area contributed by atoms with E-state index in [0.29, 0.717) is 0 Å². The van der Waals surface area contributed by atoms with E-state index >= 15 is 0 Å². The number of amides is 1. The largest absolute Gasteiger partial charge is 0.497 e. The Morgan fingerprint density at radius 2 is 1.76 bits per heavy atom. The van der Waals surface area contributed by atoms with Crippen molar-refractivity contribution < 1.29 is 14.3 Å². The molecular formula is C20H24BrNO3. The van der Waals surface area contributed by atoms with Gasteiger partial charge in [0.05, 0.1) is 13.2 Å². The summed E-state index contributed by atoms with van der Waals surface area (Å²) in [4.78, 5) is 14.5. The summed E-state index contributed by atoms with van der Waals surface area (Å²) in [5.74, 6) is 0.754. The van der Waals surface area contributed by atoms with E-state index in [-0.39, 0.29) is 12.1 Å². The van der Waals surface area contributed by atoms with E-state index in [1.165, 1.54) is 0 Å². The van der Waals surface area contributed by atoms with Crippen molar-refractivity contribution in [3.05, 3.63) is 58.6 Å². The number of anilines is 1. The molecule has 2 aromatic carbocycles. The van der Waals surface area contributed by atoms with Gasteiger partial charge in [-0.2, -0.15) is 0 Å². The summed E-state index contributed by atoms with van der Waals surface area (Å²) in [6.07, 6.45) is -0.384. The zero-order chi connectivity index (χ0) is 18.6. The Balaban J connectivity index is 2.42. The average molecular weight is 406 g/mol. The molecule has 5 heteroatoms. The molecule has 0 saturated carbocycles. The third-order valence-corrected chi connectivity index (χ3v) is 4.19. The summed E-state index contributed by atoms with van der Waals surface area (Å²) in [6, 6.07) is 15.1. The number of methoxy groups -OCH3 is 1. The van der Waals surface area contributed by atoms with Crippen LogP contribution in [0.3, 0.4) is 0 Å². The normalized spacial score (nSPS) is 12.4. The first-order valence-electron chi connectivity index (χ1n) is 8.13. The van der Waals surface area contributed by atoms with E-state index in [9.17, 15) is 4.79 Å².